The summed E-state index contributed by atoms with van der Waals surface area (Å²) in [6, 6.07) is 2.80. The van der Waals surface area contributed by atoms with Crippen molar-refractivity contribution in [3.05, 3.63) is 0 Å². The molecular formula is C9H17N3. The number of rotatable bonds is 3. The van der Waals surface area contributed by atoms with Crippen LogP contribution in [0.15, 0.2) is 0 Å². The van der Waals surface area contributed by atoms with Gasteiger partial charge in [0.1, 0.15) is 0 Å². The summed E-state index contributed by atoms with van der Waals surface area (Å²) in [5.41, 5.74) is 0. The summed E-state index contributed by atoms with van der Waals surface area (Å²) in [6.45, 7) is 4.05. The van der Waals surface area contributed by atoms with Crippen molar-refractivity contribution in [1.82, 2.24) is 10.2 Å². The number of likely N-dealkylation sites (tertiary alicyclic amines) is 1. The van der Waals surface area contributed by atoms with Gasteiger partial charge in [-0.25, -0.2) is 0 Å². The van der Waals surface area contributed by atoms with Crippen LogP contribution < -0.4 is 5.32 Å². The van der Waals surface area contributed by atoms with Gasteiger partial charge in [-0.2, -0.15) is 5.26 Å². The fourth-order valence-electron chi connectivity index (χ4n) is 1.60. The van der Waals surface area contributed by atoms with Gasteiger partial charge in [-0.1, -0.05) is 0 Å². The lowest BCUT2D eigenvalue weighted by atomic mass is 10.2. The maximum atomic E-state index is 8.55. The Hall–Kier alpha value is -0.590. The molecule has 1 rings (SSSR count). The molecule has 1 aliphatic rings. The first-order valence-electron chi connectivity index (χ1n) is 4.57. The van der Waals surface area contributed by atoms with E-state index < -0.39 is 0 Å². The molecule has 68 valence electrons. The van der Waals surface area contributed by atoms with Gasteiger partial charge in [0.15, 0.2) is 0 Å². The standard InChI is InChI=1S/C9H17N3/c1-8(6-10)11-7-9-4-3-5-12(9)2/h8-9,11H,3-5,7H2,1-2H3. The van der Waals surface area contributed by atoms with Crippen LogP contribution in [0.1, 0.15) is 19.8 Å². The second kappa shape index (κ2) is 4.44. The van der Waals surface area contributed by atoms with Gasteiger partial charge in [0.05, 0.1) is 12.1 Å². The van der Waals surface area contributed by atoms with E-state index in [4.69, 9.17) is 5.26 Å². The molecule has 0 aromatic heterocycles. The summed E-state index contributed by atoms with van der Waals surface area (Å²) in [7, 11) is 2.15. The maximum absolute atomic E-state index is 8.55. The van der Waals surface area contributed by atoms with Gasteiger partial charge in [-0.05, 0) is 33.4 Å². The molecule has 1 N–H and O–H groups in total. The summed E-state index contributed by atoms with van der Waals surface area (Å²) in [5, 5.41) is 11.8. The van der Waals surface area contributed by atoms with Crippen LogP contribution in [-0.4, -0.2) is 37.1 Å². The quantitative estimate of drug-likeness (QED) is 0.668. The number of nitriles is 1. The molecule has 0 aromatic rings. The lowest BCUT2D eigenvalue weighted by Crippen LogP contribution is -2.38. The molecule has 1 saturated heterocycles. The van der Waals surface area contributed by atoms with Crippen molar-refractivity contribution in [3.8, 4) is 6.07 Å². The first-order chi connectivity index (χ1) is 5.74. The average Bonchev–Trinajstić information content (AvgIpc) is 2.47. The third-order valence-corrected chi connectivity index (χ3v) is 2.52. The van der Waals surface area contributed by atoms with E-state index in [1.165, 1.54) is 19.4 Å². The number of hydrogen-bond donors (Lipinski definition) is 1. The highest BCUT2D eigenvalue weighted by atomic mass is 15.2. The van der Waals surface area contributed by atoms with Crippen molar-refractivity contribution in [2.45, 2.75) is 31.8 Å². The Morgan fingerprint density at radius 2 is 2.50 bits per heavy atom. The van der Waals surface area contributed by atoms with Crippen LogP contribution in [0.25, 0.3) is 0 Å². The Bertz CT molecular complexity index is 173. The molecule has 0 bridgehead atoms. The molecule has 12 heavy (non-hydrogen) atoms. The smallest absolute Gasteiger partial charge is 0.0924 e. The molecule has 0 radical (unpaired) electrons. The molecule has 2 atom stereocenters. The Morgan fingerprint density at radius 1 is 1.75 bits per heavy atom. The molecule has 1 fully saturated rings. The largest absolute Gasteiger partial charge is 0.302 e. The van der Waals surface area contributed by atoms with E-state index >= 15 is 0 Å². The maximum Gasteiger partial charge on any atom is 0.0924 e. The lowest BCUT2D eigenvalue weighted by Gasteiger charge is -2.20. The molecule has 0 aromatic carbocycles. The minimum Gasteiger partial charge on any atom is -0.302 e. The van der Waals surface area contributed by atoms with Crippen LogP contribution >= 0.6 is 0 Å². The van der Waals surface area contributed by atoms with Crippen molar-refractivity contribution in [3.63, 3.8) is 0 Å². The van der Waals surface area contributed by atoms with E-state index in [1.807, 2.05) is 6.92 Å². The zero-order chi connectivity index (χ0) is 8.97. The van der Waals surface area contributed by atoms with Crippen LogP contribution in [0.5, 0.6) is 0 Å². The molecule has 3 nitrogen and oxygen atoms in total. The van der Waals surface area contributed by atoms with Crippen LogP contribution in [0, 0.1) is 11.3 Å². The third kappa shape index (κ3) is 2.47. The highest BCUT2D eigenvalue weighted by molar-refractivity contribution is 4.88. The molecule has 3 heteroatoms. The first kappa shape index (κ1) is 9.50. The summed E-state index contributed by atoms with van der Waals surface area (Å²) in [4.78, 5) is 2.36. The van der Waals surface area contributed by atoms with Crippen LogP contribution in [0.2, 0.25) is 0 Å². The van der Waals surface area contributed by atoms with Gasteiger partial charge in [0.2, 0.25) is 0 Å². The SMILES string of the molecule is CC(C#N)NCC1CCCN1C. The predicted octanol–water partition coefficient (Wildman–Crippen LogP) is 0.582. The van der Waals surface area contributed by atoms with Gasteiger partial charge in [0.25, 0.3) is 0 Å². The van der Waals surface area contributed by atoms with E-state index in [0.717, 1.165) is 6.54 Å². The molecular weight excluding hydrogens is 150 g/mol. The van der Waals surface area contributed by atoms with Crippen molar-refractivity contribution in [1.29, 1.82) is 5.26 Å². The van der Waals surface area contributed by atoms with Gasteiger partial charge in [-0.3, -0.25) is 0 Å². The Balaban J connectivity index is 2.19. The average molecular weight is 167 g/mol. The number of nitrogens with one attached hydrogen (secondary N) is 1. The fourth-order valence-corrected chi connectivity index (χ4v) is 1.60. The topological polar surface area (TPSA) is 39.1 Å². The number of likely N-dealkylation sites (N-methyl/N-ethyl adjacent to an activating group) is 1. The predicted molar refractivity (Wildman–Crippen MR) is 48.7 cm³/mol. The molecule has 2 unspecified atom stereocenters. The third-order valence-electron chi connectivity index (χ3n) is 2.52. The molecule has 0 saturated carbocycles. The second-order valence-electron chi connectivity index (χ2n) is 3.54. The summed E-state index contributed by atoms with van der Waals surface area (Å²) < 4.78 is 0. The van der Waals surface area contributed by atoms with Crippen LogP contribution in [0.4, 0.5) is 0 Å². The lowest BCUT2D eigenvalue weighted by molar-refractivity contribution is 0.298. The van der Waals surface area contributed by atoms with Crippen LogP contribution in [-0.2, 0) is 0 Å². The summed E-state index contributed by atoms with van der Waals surface area (Å²) in [5.74, 6) is 0. The van der Waals surface area contributed by atoms with E-state index in [9.17, 15) is 0 Å². The number of nitrogens with zero attached hydrogens (tertiary/aromatic N) is 2. The van der Waals surface area contributed by atoms with Crippen molar-refractivity contribution in [2.75, 3.05) is 20.1 Å². The zero-order valence-electron chi connectivity index (χ0n) is 7.88. The highest BCUT2D eigenvalue weighted by Crippen LogP contribution is 2.13. The first-order valence-corrected chi connectivity index (χ1v) is 4.57. The van der Waals surface area contributed by atoms with E-state index in [0.29, 0.717) is 6.04 Å². The molecule has 0 aliphatic carbocycles. The Labute approximate surface area is 74.4 Å². The van der Waals surface area contributed by atoms with E-state index in [-0.39, 0.29) is 6.04 Å². The summed E-state index contributed by atoms with van der Waals surface area (Å²) >= 11 is 0. The van der Waals surface area contributed by atoms with Gasteiger partial charge >= 0.3 is 0 Å². The second-order valence-corrected chi connectivity index (χ2v) is 3.54. The van der Waals surface area contributed by atoms with Gasteiger partial charge < -0.3 is 10.2 Å². The zero-order valence-corrected chi connectivity index (χ0v) is 7.88. The van der Waals surface area contributed by atoms with Crippen molar-refractivity contribution < 1.29 is 0 Å². The normalized spacial score (nSPS) is 26.9. The molecule has 0 spiro atoms. The van der Waals surface area contributed by atoms with E-state index in [2.05, 4.69) is 23.3 Å². The van der Waals surface area contributed by atoms with Crippen LogP contribution in [0.3, 0.4) is 0 Å². The Kier molecular flexibility index (Phi) is 3.51. The van der Waals surface area contributed by atoms with Gasteiger partial charge in [0, 0.05) is 12.6 Å². The minimum absolute atomic E-state index is 0.0148. The minimum atomic E-state index is -0.0148. The van der Waals surface area contributed by atoms with E-state index in [1.54, 1.807) is 0 Å². The number of hydrogen-bond acceptors (Lipinski definition) is 3. The summed E-state index contributed by atoms with van der Waals surface area (Å²) in [6.07, 6.45) is 2.56. The highest BCUT2D eigenvalue weighted by Gasteiger charge is 2.20. The van der Waals surface area contributed by atoms with Crippen molar-refractivity contribution >= 4 is 0 Å². The molecule has 0 amide bonds. The van der Waals surface area contributed by atoms with Gasteiger partial charge in [-0.15, -0.1) is 0 Å². The molecule has 1 aliphatic heterocycles. The monoisotopic (exact) mass is 167 g/mol. The van der Waals surface area contributed by atoms with Crippen molar-refractivity contribution in [2.24, 2.45) is 0 Å². The molecule has 1 heterocycles. The Morgan fingerprint density at radius 3 is 3.00 bits per heavy atom. The fraction of sp³-hybridized carbons (Fsp3) is 0.889.